The van der Waals surface area contributed by atoms with Crippen molar-refractivity contribution in [3.05, 3.63) is 58.4 Å². The van der Waals surface area contributed by atoms with E-state index in [4.69, 9.17) is 16.3 Å². The van der Waals surface area contributed by atoms with Crippen molar-refractivity contribution in [3.8, 4) is 5.75 Å². The maximum absolute atomic E-state index is 14.0. The minimum Gasteiger partial charge on any atom is -0.480 e. The minimum absolute atomic E-state index is 0. The number of pyridine rings is 2. The summed E-state index contributed by atoms with van der Waals surface area (Å²) in [5.74, 6) is -0.574. The van der Waals surface area contributed by atoms with E-state index < -0.39 is 11.6 Å². The van der Waals surface area contributed by atoms with E-state index in [1.54, 1.807) is 12.3 Å². The van der Waals surface area contributed by atoms with Gasteiger partial charge in [-0.15, -0.1) is 12.4 Å². The number of piperidine rings is 1. The lowest BCUT2D eigenvalue weighted by atomic mass is 10.0. The third-order valence-electron chi connectivity index (χ3n) is 6.33. The second-order valence-corrected chi connectivity index (χ2v) is 9.01. The molecule has 0 saturated carbocycles. The van der Waals surface area contributed by atoms with E-state index in [1.165, 1.54) is 6.07 Å². The Morgan fingerprint density at radius 1 is 1.23 bits per heavy atom. The fourth-order valence-corrected chi connectivity index (χ4v) is 4.69. The van der Waals surface area contributed by atoms with E-state index in [2.05, 4.69) is 25.5 Å². The van der Waals surface area contributed by atoms with Crippen molar-refractivity contribution in [1.82, 2.24) is 20.2 Å². The number of halogens is 4. The van der Waals surface area contributed by atoms with Crippen molar-refractivity contribution in [2.24, 2.45) is 0 Å². The number of likely N-dealkylation sites (tertiary alicyclic amines) is 1. The van der Waals surface area contributed by atoms with Gasteiger partial charge in [0.1, 0.15) is 11.3 Å². The molecule has 1 saturated heterocycles. The Kier molecular flexibility index (Phi) is 8.01. The Morgan fingerprint density at radius 2 is 2.03 bits per heavy atom. The van der Waals surface area contributed by atoms with E-state index in [9.17, 15) is 13.6 Å². The molecule has 0 spiro atoms. The second-order valence-electron chi connectivity index (χ2n) is 8.60. The van der Waals surface area contributed by atoms with Crippen molar-refractivity contribution in [3.63, 3.8) is 0 Å². The lowest BCUT2D eigenvalue weighted by Gasteiger charge is -2.32. The Hall–Kier alpha value is -2.59. The zero-order valence-electron chi connectivity index (χ0n) is 18.8. The van der Waals surface area contributed by atoms with Gasteiger partial charge in [-0.05, 0) is 50.0 Å². The number of fused-ring (bicyclic) bond motifs is 2. The summed E-state index contributed by atoms with van der Waals surface area (Å²) in [6.07, 6.45) is 4.19. The first-order valence-corrected chi connectivity index (χ1v) is 11.6. The summed E-state index contributed by atoms with van der Waals surface area (Å²) < 4.78 is 33.1. The van der Waals surface area contributed by atoms with Crippen LogP contribution in [0, 0.1) is 11.6 Å². The molecule has 0 bridgehead atoms. The number of benzene rings is 1. The van der Waals surface area contributed by atoms with Gasteiger partial charge in [-0.2, -0.15) is 0 Å². The Morgan fingerprint density at radius 3 is 2.83 bits per heavy atom. The van der Waals surface area contributed by atoms with Gasteiger partial charge in [0.15, 0.2) is 24.0 Å². The highest BCUT2D eigenvalue weighted by Crippen LogP contribution is 2.30. The number of anilines is 1. The van der Waals surface area contributed by atoms with Crippen LogP contribution in [0.3, 0.4) is 0 Å². The molecule has 0 aliphatic carbocycles. The number of nitrogens with one attached hydrogen (secondary N) is 2. The first-order chi connectivity index (χ1) is 16.5. The highest BCUT2D eigenvalue weighted by atomic mass is 35.5. The molecule has 0 atom stereocenters. The molecule has 11 heteroatoms. The van der Waals surface area contributed by atoms with E-state index in [0.717, 1.165) is 44.1 Å². The number of aromatic nitrogens is 2. The van der Waals surface area contributed by atoms with Crippen LogP contribution in [0.5, 0.6) is 5.75 Å². The van der Waals surface area contributed by atoms with Crippen LogP contribution in [-0.4, -0.2) is 53.1 Å². The summed E-state index contributed by atoms with van der Waals surface area (Å²) >= 11 is 6.34. The van der Waals surface area contributed by atoms with E-state index >= 15 is 0 Å². The number of nitrogens with zero attached hydrogens (tertiary/aromatic N) is 3. The van der Waals surface area contributed by atoms with Crippen molar-refractivity contribution >= 4 is 46.6 Å². The summed E-state index contributed by atoms with van der Waals surface area (Å²) in [6.45, 7) is 3.10. The van der Waals surface area contributed by atoms with Crippen LogP contribution in [0.2, 0.25) is 5.02 Å². The molecule has 186 valence electrons. The fourth-order valence-electron chi connectivity index (χ4n) is 4.48. The molecule has 7 nitrogen and oxygen atoms in total. The van der Waals surface area contributed by atoms with Gasteiger partial charge in [-0.25, -0.2) is 13.8 Å². The maximum Gasteiger partial charge on any atom is 0.263 e. The number of hydrogen-bond donors (Lipinski definition) is 2. The summed E-state index contributed by atoms with van der Waals surface area (Å²) in [5.41, 5.74) is 1.77. The zero-order chi connectivity index (χ0) is 23.7. The Balaban J connectivity index is 0.00000289. The number of amides is 1. The van der Waals surface area contributed by atoms with Gasteiger partial charge < -0.3 is 20.3 Å². The lowest BCUT2D eigenvalue weighted by Crippen LogP contribution is -2.43. The molecule has 2 aliphatic rings. The van der Waals surface area contributed by atoms with Crippen molar-refractivity contribution in [2.45, 2.75) is 31.8 Å². The quantitative estimate of drug-likeness (QED) is 0.506. The summed E-state index contributed by atoms with van der Waals surface area (Å²) in [6, 6.07) is 6.06. The highest BCUT2D eigenvalue weighted by molar-refractivity contribution is 6.31. The van der Waals surface area contributed by atoms with Crippen LogP contribution < -0.4 is 15.4 Å². The molecule has 2 aliphatic heterocycles. The van der Waals surface area contributed by atoms with E-state index in [1.807, 2.05) is 6.07 Å². The topological polar surface area (TPSA) is 79.4 Å². The smallest absolute Gasteiger partial charge is 0.263 e. The van der Waals surface area contributed by atoms with Gasteiger partial charge in [-0.3, -0.25) is 9.78 Å². The SMILES string of the molecule is Cl.O=C1COc2cc(Cl)c(CNC3CCN(CCc4ccnc5c(F)cc(F)cc45)CC3)nc2N1. The van der Waals surface area contributed by atoms with Gasteiger partial charge >= 0.3 is 0 Å². The normalized spacial score (nSPS) is 16.4. The molecule has 1 fully saturated rings. The van der Waals surface area contributed by atoms with Gasteiger partial charge in [0.25, 0.3) is 5.91 Å². The molecule has 0 radical (unpaired) electrons. The molecule has 2 N–H and O–H groups in total. The zero-order valence-corrected chi connectivity index (χ0v) is 20.4. The van der Waals surface area contributed by atoms with Gasteiger partial charge in [0.2, 0.25) is 0 Å². The van der Waals surface area contributed by atoms with Crippen LogP contribution in [0.1, 0.15) is 24.1 Å². The summed E-state index contributed by atoms with van der Waals surface area (Å²) in [4.78, 5) is 22.4. The van der Waals surface area contributed by atoms with Crippen LogP contribution in [0.25, 0.3) is 10.9 Å². The van der Waals surface area contributed by atoms with Crippen molar-refractivity contribution in [2.75, 3.05) is 31.6 Å². The third kappa shape index (κ3) is 5.81. The molecule has 4 heterocycles. The average molecular weight is 524 g/mol. The number of rotatable bonds is 6. The molecule has 1 aromatic carbocycles. The summed E-state index contributed by atoms with van der Waals surface area (Å²) in [5, 5.41) is 7.24. The maximum atomic E-state index is 14.0. The number of ether oxygens (including phenoxy) is 1. The van der Waals surface area contributed by atoms with E-state index in [-0.39, 0.29) is 30.4 Å². The number of hydrogen-bond acceptors (Lipinski definition) is 6. The summed E-state index contributed by atoms with van der Waals surface area (Å²) in [7, 11) is 0. The number of carbonyl (C=O) groups is 1. The first kappa shape index (κ1) is 25.5. The molecule has 5 rings (SSSR count). The van der Waals surface area contributed by atoms with Crippen LogP contribution in [-0.2, 0) is 17.8 Å². The molecule has 3 aromatic rings. The lowest BCUT2D eigenvalue weighted by molar-refractivity contribution is -0.118. The van der Waals surface area contributed by atoms with Gasteiger partial charge in [0, 0.05) is 42.8 Å². The molecule has 1 amide bonds. The molecule has 0 unspecified atom stereocenters. The fraction of sp³-hybridized carbons (Fsp3) is 0.375. The molecule has 2 aromatic heterocycles. The average Bonchev–Trinajstić information content (AvgIpc) is 2.82. The Labute approximate surface area is 212 Å². The van der Waals surface area contributed by atoms with E-state index in [0.29, 0.717) is 46.7 Å². The molecule has 35 heavy (non-hydrogen) atoms. The molecular weight excluding hydrogens is 499 g/mol. The van der Waals surface area contributed by atoms with Gasteiger partial charge in [-0.1, -0.05) is 11.6 Å². The van der Waals surface area contributed by atoms with Crippen molar-refractivity contribution < 1.29 is 18.3 Å². The highest BCUT2D eigenvalue weighted by Gasteiger charge is 2.22. The van der Waals surface area contributed by atoms with Crippen LogP contribution in [0.15, 0.2) is 30.5 Å². The molecular formula is C24H25Cl2F2N5O2. The first-order valence-electron chi connectivity index (χ1n) is 11.3. The number of carbonyl (C=O) groups excluding carboxylic acids is 1. The predicted octanol–water partition coefficient (Wildman–Crippen LogP) is 4.11. The standard InChI is InChI=1S/C24H24ClF2N5O2.ClH/c25-18-11-21-24(31-22(33)13-34-21)30-20(18)12-29-16-3-7-32(8-4-16)6-2-14-1-5-28-23-17(14)9-15(26)10-19(23)27;/h1,5,9-11,16,29H,2-4,6-8,12-13H2,(H,30,31,33);1H. The van der Waals surface area contributed by atoms with Crippen molar-refractivity contribution in [1.29, 1.82) is 0 Å². The Bertz CT molecular complexity index is 1240. The second kappa shape index (κ2) is 11.0. The van der Waals surface area contributed by atoms with Gasteiger partial charge in [0.05, 0.1) is 10.7 Å². The minimum atomic E-state index is -0.632. The van der Waals surface area contributed by atoms with Crippen LogP contribution >= 0.6 is 24.0 Å². The van der Waals surface area contributed by atoms with Crippen LogP contribution in [0.4, 0.5) is 14.6 Å². The monoisotopic (exact) mass is 523 g/mol. The predicted molar refractivity (Wildman–Crippen MR) is 132 cm³/mol. The largest absolute Gasteiger partial charge is 0.480 e. The third-order valence-corrected chi connectivity index (χ3v) is 6.65.